The fourth-order valence-electron chi connectivity index (χ4n) is 2.18. The Hall–Kier alpha value is -2.21. The topological polar surface area (TPSA) is 77.2 Å². The summed E-state index contributed by atoms with van der Waals surface area (Å²) in [6.45, 7) is 13.0. The molecule has 2 rings (SSSR count). The Kier molecular flexibility index (Phi) is 5.62. The number of hydrogen-bond acceptors (Lipinski definition) is 6. The molecular weight excluding hydrogens is 318 g/mol. The number of carbonyl (C=O) groups excluding carboxylic acids is 1. The maximum Gasteiger partial charge on any atom is 0.361 e. The summed E-state index contributed by atoms with van der Waals surface area (Å²) in [6, 6.07) is 5.73. The van der Waals surface area contributed by atoms with Crippen molar-refractivity contribution in [2.45, 2.75) is 65.6 Å². The van der Waals surface area contributed by atoms with Gasteiger partial charge in [-0.2, -0.15) is 0 Å². The maximum atomic E-state index is 11.9. The summed E-state index contributed by atoms with van der Waals surface area (Å²) in [7, 11) is 0. The fraction of sp³-hybridized carbons (Fsp3) is 0.526. The van der Waals surface area contributed by atoms with Crippen LogP contribution >= 0.6 is 0 Å². The first-order chi connectivity index (χ1) is 11.5. The van der Waals surface area contributed by atoms with Crippen molar-refractivity contribution >= 4 is 5.97 Å². The molecule has 0 aliphatic rings. The zero-order chi connectivity index (χ0) is 18.7. The third-order valence-corrected chi connectivity index (χ3v) is 3.45. The highest BCUT2D eigenvalue weighted by Crippen LogP contribution is 2.21. The Balaban J connectivity index is 1.90. The van der Waals surface area contributed by atoms with Gasteiger partial charge in [0.15, 0.2) is 11.5 Å². The lowest BCUT2D eigenvalue weighted by Gasteiger charge is -2.19. The van der Waals surface area contributed by atoms with Gasteiger partial charge in [0.2, 0.25) is 0 Å². The minimum Gasteiger partial charge on any atom is -0.455 e. The van der Waals surface area contributed by atoms with Crippen LogP contribution in [0.3, 0.4) is 0 Å². The lowest BCUT2D eigenvalue weighted by atomic mass is 9.87. The molecule has 1 N–H and O–H groups in total. The van der Waals surface area contributed by atoms with Crippen molar-refractivity contribution in [2.75, 3.05) is 0 Å². The molecule has 0 spiro atoms. The summed E-state index contributed by atoms with van der Waals surface area (Å²) in [6.07, 6.45) is 1.83. The summed E-state index contributed by atoms with van der Waals surface area (Å²) in [5, 5.41) is 7.02. The number of aromatic nitrogens is 2. The van der Waals surface area contributed by atoms with Crippen LogP contribution in [0.4, 0.5) is 0 Å². The summed E-state index contributed by atoms with van der Waals surface area (Å²) >= 11 is 0. The molecule has 2 heterocycles. The Morgan fingerprint density at radius 1 is 1.16 bits per heavy atom. The van der Waals surface area contributed by atoms with Gasteiger partial charge in [0, 0.05) is 18.8 Å². The lowest BCUT2D eigenvalue weighted by Crippen LogP contribution is -2.24. The van der Waals surface area contributed by atoms with Crippen LogP contribution in [0.25, 0.3) is 0 Å². The highest BCUT2D eigenvalue weighted by atomic mass is 16.6. The molecule has 2 aromatic heterocycles. The molecule has 6 heteroatoms. The van der Waals surface area contributed by atoms with E-state index in [0.717, 1.165) is 5.69 Å². The van der Waals surface area contributed by atoms with Gasteiger partial charge in [-0.3, -0.25) is 4.98 Å². The molecule has 0 fully saturated rings. The van der Waals surface area contributed by atoms with Crippen LogP contribution in [0.2, 0.25) is 0 Å². The van der Waals surface area contributed by atoms with Crippen molar-refractivity contribution in [1.82, 2.24) is 15.5 Å². The number of nitrogens with one attached hydrogen (secondary N) is 1. The molecule has 136 valence electrons. The van der Waals surface area contributed by atoms with Gasteiger partial charge in [-0.1, -0.05) is 25.9 Å². The Labute approximate surface area is 149 Å². The number of carbonyl (C=O) groups is 1. The molecule has 0 amide bonds. The number of rotatable bonds is 5. The van der Waals surface area contributed by atoms with E-state index in [9.17, 15) is 4.79 Å². The van der Waals surface area contributed by atoms with Gasteiger partial charge in [0.05, 0.1) is 12.2 Å². The molecule has 25 heavy (non-hydrogen) atoms. The zero-order valence-electron chi connectivity index (χ0n) is 15.8. The zero-order valence-corrected chi connectivity index (χ0v) is 15.8. The quantitative estimate of drug-likeness (QED) is 0.834. The minimum absolute atomic E-state index is 0.0882. The first-order valence-electron chi connectivity index (χ1n) is 8.40. The standard InChI is InChI=1S/C19H27N3O3/c1-18(2,3)13-7-8-21-14(9-13)11-20-12-15-10-16(22-25-15)17(23)24-19(4,5)6/h7-10,20H,11-12H2,1-6H3. The van der Waals surface area contributed by atoms with Gasteiger partial charge in [-0.15, -0.1) is 0 Å². The van der Waals surface area contributed by atoms with Crippen molar-refractivity contribution in [2.24, 2.45) is 0 Å². The summed E-state index contributed by atoms with van der Waals surface area (Å²) in [4.78, 5) is 16.3. The van der Waals surface area contributed by atoms with Gasteiger partial charge < -0.3 is 14.6 Å². The van der Waals surface area contributed by atoms with Crippen LogP contribution in [-0.2, 0) is 23.2 Å². The molecular formula is C19H27N3O3. The molecule has 0 aliphatic heterocycles. The minimum atomic E-state index is -0.557. The highest BCUT2D eigenvalue weighted by Gasteiger charge is 2.21. The second kappa shape index (κ2) is 7.35. The molecule has 6 nitrogen and oxygen atoms in total. The molecule has 0 aromatic carbocycles. The van der Waals surface area contributed by atoms with Gasteiger partial charge in [0.1, 0.15) is 5.60 Å². The molecule has 0 saturated carbocycles. The van der Waals surface area contributed by atoms with Crippen LogP contribution in [0.15, 0.2) is 28.9 Å². The van der Waals surface area contributed by atoms with E-state index in [2.05, 4.69) is 42.3 Å². The second-order valence-electron chi connectivity index (χ2n) is 8.07. The summed E-state index contributed by atoms with van der Waals surface area (Å²) in [5.74, 6) is 0.0925. The Bertz CT molecular complexity index is 724. The molecule has 0 aliphatic carbocycles. The van der Waals surface area contributed by atoms with E-state index in [4.69, 9.17) is 9.26 Å². The average Bonchev–Trinajstić information content (AvgIpc) is 2.94. The van der Waals surface area contributed by atoms with Crippen molar-refractivity contribution in [3.63, 3.8) is 0 Å². The van der Waals surface area contributed by atoms with Crippen LogP contribution in [-0.4, -0.2) is 21.7 Å². The van der Waals surface area contributed by atoms with Crippen LogP contribution in [0.5, 0.6) is 0 Å². The van der Waals surface area contributed by atoms with E-state index in [1.807, 2.05) is 33.0 Å². The normalized spacial score (nSPS) is 12.2. The number of hydrogen-bond donors (Lipinski definition) is 1. The Morgan fingerprint density at radius 3 is 2.52 bits per heavy atom. The lowest BCUT2D eigenvalue weighted by molar-refractivity contribution is 0.00587. The highest BCUT2D eigenvalue weighted by molar-refractivity contribution is 5.87. The molecule has 0 saturated heterocycles. The Morgan fingerprint density at radius 2 is 1.88 bits per heavy atom. The smallest absolute Gasteiger partial charge is 0.361 e. The molecule has 0 radical (unpaired) electrons. The summed E-state index contributed by atoms with van der Waals surface area (Å²) < 4.78 is 10.4. The van der Waals surface area contributed by atoms with Crippen molar-refractivity contribution in [3.05, 3.63) is 47.1 Å². The van der Waals surface area contributed by atoms with E-state index in [0.29, 0.717) is 18.8 Å². The first kappa shape index (κ1) is 19.1. The van der Waals surface area contributed by atoms with E-state index >= 15 is 0 Å². The number of esters is 1. The SMILES string of the molecule is CC(C)(C)OC(=O)c1cc(CNCc2cc(C(C)(C)C)ccn2)on1. The third kappa shape index (κ3) is 5.98. The van der Waals surface area contributed by atoms with E-state index < -0.39 is 11.6 Å². The molecule has 2 aromatic rings. The number of nitrogens with zero attached hydrogens (tertiary/aromatic N) is 2. The predicted octanol–water partition coefficient (Wildman–Crippen LogP) is 3.61. The van der Waals surface area contributed by atoms with Gasteiger partial charge in [-0.25, -0.2) is 4.79 Å². The number of pyridine rings is 1. The second-order valence-corrected chi connectivity index (χ2v) is 8.07. The molecule has 0 bridgehead atoms. The van der Waals surface area contributed by atoms with Crippen molar-refractivity contribution in [3.8, 4) is 0 Å². The van der Waals surface area contributed by atoms with E-state index in [1.165, 1.54) is 5.56 Å². The largest absolute Gasteiger partial charge is 0.455 e. The average molecular weight is 345 g/mol. The van der Waals surface area contributed by atoms with Crippen LogP contribution in [0, 0.1) is 0 Å². The van der Waals surface area contributed by atoms with Crippen LogP contribution in [0.1, 0.15) is 69.0 Å². The van der Waals surface area contributed by atoms with Gasteiger partial charge in [-0.05, 0) is 43.9 Å². The third-order valence-electron chi connectivity index (χ3n) is 3.45. The van der Waals surface area contributed by atoms with Crippen molar-refractivity contribution in [1.29, 1.82) is 0 Å². The van der Waals surface area contributed by atoms with Crippen LogP contribution < -0.4 is 5.32 Å². The van der Waals surface area contributed by atoms with E-state index in [1.54, 1.807) is 6.07 Å². The fourth-order valence-corrected chi connectivity index (χ4v) is 2.18. The molecule has 0 atom stereocenters. The molecule has 0 unspecified atom stereocenters. The van der Waals surface area contributed by atoms with Crippen molar-refractivity contribution < 1.29 is 14.1 Å². The van der Waals surface area contributed by atoms with Gasteiger partial charge in [0.25, 0.3) is 0 Å². The van der Waals surface area contributed by atoms with E-state index in [-0.39, 0.29) is 11.1 Å². The predicted molar refractivity (Wildman–Crippen MR) is 95.2 cm³/mol. The number of ether oxygens (including phenoxy) is 1. The van der Waals surface area contributed by atoms with Gasteiger partial charge >= 0.3 is 5.97 Å². The summed E-state index contributed by atoms with van der Waals surface area (Å²) in [5.41, 5.74) is 1.91. The monoisotopic (exact) mass is 345 g/mol. The first-order valence-corrected chi connectivity index (χ1v) is 8.40. The maximum absolute atomic E-state index is 11.9.